The van der Waals surface area contributed by atoms with Crippen LogP contribution in [-0.4, -0.2) is 33.9 Å². The zero-order valence-electron chi connectivity index (χ0n) is 23.4. The Kier molecular flexibility index (Phi) is 9.76. The maximum Gasteiger partial charge on any atom is 0.338 e. The first-order valence-electron chi connectivity index (χ1n) is 13.5. The highest BCUT2D eigenvalue weighted by molar-refractivity contribution is 9.10. The minimum absolute atomic E-state index is 0.142. The number of aromatic nitrogens is 3. The van der Waals surface area contributed by atoms with E-state index < -0.39 is 12.0 Å². The third kappa shape index (κ3) is 6.61. The van der Waals surface area contributed by atoms with Gasteiger partial charge in [-0.15, -0.1) is 5.10 Å². The van der Waals surface area contributed by atoms with Crippen LogP contribution in [0.25, 0.3) is 0 Å². The monoisotopic (exact) mass is 668 g/mol. The predicted octanol–water partition coefficient (Wildman–Crippen LogP) is 7.82. The topological polar surface area (TPSA) is 87.5 Å². The number of ether oxygens (including phenoxy) is 3. The lowest BCUT2D eigenvalue weighted by molar-refractivity contribution is -0.140. The van der Waals surface area contributed by atoms with Crippen LogP contribution in [0.4, 0.5) is 5.95 Å². The van der Waals surface area contributed by atoms with Crippen LogP contribution in [0.15, 0.2) is 87.6 Å². The van der Waals surface area contributed by atoms with Crippen LogP contribution in [0.3, 0.4) is 0 Å². The van der Waals surface area contributed by atoms with E-state index in [0.29, 0.717) is 62.3 Å². The van der Waals surface area contributed by atoms with Crippen LogP contribution in [0, 0.1) is 0 Å². The first-order chi connectivity index (χ1) is 20.4. The van der Waals surface area contributed by atoms with E-state index in [9.17, 15) is 4.79 Å². The second kappa shape index (κ2) is 13.7. The highest BCUT2D eigenvalue weighted by atomic mass is 79.9. The van der Waals surface area contributed by atoms with Crippen molar-refractivity contribution >= 4 is 51.2 Å². The largest absolute Gasteiger partial charge is 0.490 e. The lowest BCUT2D eigenvalue weighted by Crippen LogP contribution is -2.29. The molecule has 42 heavy (non-hydrogen) atoms. The van der Waals surface area contributed by atoms with E-state index in [0.717, 1.165) is 16.7 Å². The zero-order valence-corrected chi connectivity index (χ0v) is 26.6. The second-order valence-electron chi connectivity index (χ2n) is 9.37. The van der Waals surface area contributed by atoms with Crippen LogP contribution in [0.2, 0.25) is 5.02 Å². The van der Waals surface area contributed by atoms with Crippen molar-refractivity contribution in [1.82, 2.24) is 14.8 Å². The number of anilines is 1. The number of carbonyl (C=O) groups excluding carboxylic acids is 1. The minimum atomic E-state index is -0.641. The molecule has 1 N–H and O–H groups in total. The molecular weight excluding hydrogens is 640 g/mol. The third-order valence-corrected chi connectivity index (χ3v) is 8.36. The average Bonchev–Trinajstić information content (AvgIpc) is 3.39. The van der Waals surface area contributed by atoms with Crippen molar-refractivity contribution in [3.8, 4) is 11.5 Å². The van der Waals surface area contributed by atoms with Gasteiger partial charge in [-0.05, 0) is 71.6 Å². The normalized spacial score (nSPS) is 14.3. The molecule has 8 nitrogen and oxygen atoms in total. The lowest BCUT2D eigenvalue weighted by Gasteiger charge is -2.29. The van der Waals surface area contributed by atoms with Gasteiger partial charge in [-0.25, -0.2) is 9.48 Å². The van der Waals surface area contributed by atoms with Gasteiger partial charge < -0.3 is 19.5 Å². The molecule has 0 fully saturated rings. The molecule has 0 saturated heterocycles. The minimum Gasteiger partial charge on any atom is -0.490 e. The number of benzene rings is 3. The number of fused-ring (bicyclic) bond motifs is 1. The molecule has 1 aliphatic heterocycles. The van der Waals surface area contributed by atoms with E-state index in [2.05, 4.69) is 21.2 Å². The summed E-state index contributed by atoms with van der Waals surface area (Å²) in [6.07, 6.45) is 0. The second-order valence-corrected chi connectivity index (χ2v) is 11.6. The summed E-state index contributed by atoms with van der Waals surface area (Å²) in [4.78, 5) is 18.5. The van der Waals surface area contributed by atoms with E-state index in [1.165, 1.54) is 11.8 Å². The molecule has 5 rings (SSSR count). The summed E-state index contributed by atoms with van der Waals surface area (Å²) in [6.45, 7) is 6.73. The summed E-state index contributed by atoms with van der Waals surface area (Å²) >= 11 is 11.5. The predicted molar refractivity (Wildman–Crippen MR) is 168 cm³/mol. The number of thioether (sulfide) groups is 1. The average molecular weight is 670 g/mol. The van der Waals surface area contributed by atoms with Gasteiger partial charge in [-0.3, -0.25) is 0 Å². The molecule has 11 heteroatoms. The Morgan fingerprint density at radius 3 is 2.55 bits per heavy atom. The molecule has 0 radical (unpaired) electrons. The molecule has 1 unspecified atom stereocenters. The molecule has 1 atom stereocenters. The molecule has 3 aromatic carbocycles. The van der Waals surface area contributed by atoms with Gasteiger partial charge in [0, 0.05) is 16.5 Å². The van der Waals surface area contributed by atoms with Crippen LogP contribution < -0.4 is 14.8 Å². The summed E-state index contributed by atoms with van der Waals surface area (Å²) in [5.74, 6) is 1.81. The fraction of sp³-hybridized carbons (Fsp3) is 0.258. The third-order valence-electron chi connectivity index (χ3n) is 6.52. The van der Waals surface area contributed by atoms with Gasteiger partial charge in [-0.2, -0.15) is 4.98 Å². The van der Waals surface area contributed by atoms with Gasteiger partial charge in [0.25, 0.3) is 0 Å². The van der Waals surface area contributed by atoms with Crippen molar-refractivity contribution in [2.24, 2.45) is 0 Å². The van der Waals surface area contributed by atoms with E-state index >= 15 is 0 Å². The molecule has 0 amide bonds. The number of hydrogen-bond donors (Lipinski definition) is 1. The molecule has 0 spiro atoms. The summed E-state index contributed by atoms with van der Waals surface area (Å²) in [5.41, 5.74) is 3.69. The van der Waals surface area contributed by atoms with Crippen molar-refractivity contribution < 1.29 is 19.0 Å². The van der Waals surface area contributed by atoms with Crippen LogP contribution in [0.1, 0.15) is 43.5 Å². The summed E-state index contributed by atoms with van der Waals surface area (Å²) in [7, 11) is 0. The SMILES string of the molecule is CCOc1cc(C2C(C(=O)OCc3ccccc3)=C(C)Nc3nc(SCc4ccccc4Cl)nn32)cc(Br)c1OCC. The lowest BCUT2D eigenvalue weighted by atomic mass is 9.95. The molecule has 1 aromatic heterocycles. The van der Waals surface area contributed by atoms with Crippen molar-refractivity contribution in [2.45, 2.75) is 44.3 Å². The number of rotatable bonds is 11. The summed E-state index contributed by atoms with van der Waals surface area (Å²) in [6, 6.07) is 20.4. The first kappa shape index (κ1) is 30.0. The van der Waals surface area contributed by atoms with Crippen LogP contribution in [0.5, 0.6) is 11.5 Å². The number of allylic oxidation sites excluding steroid dienone is 1. The van der Waals surface area contributed by atoms with Crippen LogP contribution in [-0.2, 0) is 21.9 Å². The zero-order chi connectivity index (χ0) is 29.6. The number of carbonyl (C=O) groups is 1. The van der Waals surface area contributed by atoms with Gasteiger partial charge in [0.2, 0.25) is 11.1 Å². The van der Waals surface area contributed by atoms with Crippen molar-refractivity contribution in [1.29, 1.82) is 0 Å². The standard InChI is InChI=1S/C31H30BrClN4O4S/c1-4-39-25-16-22(15-23(32)28(25)40-5-2)27-26(29(38)41-17-20-11-7-6-8-12-20)19(3)34-30-35-31(36-37(27)30)42-18-21-13-9-10-14-24(21)33/h6-16,27H,4-5,17-18H2,1-3H3,(H,34,35,36). The Hall–Kier alpha value is -3.47. The van der Waals surface area contributed by atoms with Gasteiger partial charge in [0.15, 0.2) is 11.5 Å². The van der Waals surface area contributed by atoms with Gasteiger partial charge in [-0.1, -0.05) is 71.9 Å². The highest BCUT2D eigenvalue weighted by Crippen LogP contribution is 2.43. The number of hydrogen-bond acceptors (Lipinski definition) is 8. The maximum absolute atomic E-state index is 13.7. The number of halogens is 2. The Morgan fingerprint density at radius 2 is 1.81 bits per heavy atom. The highest BCUT2D eigenvalue weighted by Gasteiger charge is 2.36. The van der Waals surface area contributed by atoms with E-state index in [4.69, 9.17) is 35.9 Å². The number of esters is 1. The molecule has 1 aliphatic rings. The van der Waals surface area contributed by atoms with E-state index in [-0.39, 0.29) is 6.61 Å². The maximum atomic E-state index is 13.7. The smallest absolute Gasteiger partial charge is 0.338 e. The number of nitrogens with zero attached hydrogens (tertiary/aromatic N) is 3. The molecule has 218 valence electrons. The molecular formula is C31H30BrClN4O4S. The number of nitrogens with one attached hydrogen (secondary N) is 1. The van der Waals surface area contributed by atoms with Crippen molar-refractivity contribution in [3.63, 3.8) is 0 Å². The fourth-order valence-corrected chi connectivity index (χ4v) is 6.31. The molecule has 0 bridgehead atoms. The van der Waals surface area contributed by atoms with Crippen molar-refractivity contribution in [3.05, 3.63) is 104 Å². The Morgan fingerprint density at radius 1 is 1.07 bits per heavy atom. The molecule has 0 aliphatic carbocycles. The van der Waals surface area contributed by atoms with Crippen molar-refractivity contribution in [2.75, 3.05) is 18.5 Å². The summed E-state index contributed by atoms with van der Waals surface area (Å²) in [5, 5.41) is 9.34. The van der Waals surface area contributed by atoms with E-state index in [1.54, 1.807) is 4.68 Å². The summed E-state index contributed by atoms with van der Waals surface area (Å²) < 4.78 is 20.1. The first-order valence-corrected chi connectivity index (χ1v) is 15.7. The Balaban J connectivity index is 1.54. The molecule has 0 saturated carbocycles. The van der Waals surface area contributed by atoms with Gasteiger partial charge in [0.05, 0.1) is 23.3 Å². The van der Waals surface area contributed by atoms with Gasteiger partial charge >= 0.3 is 5.97 Å². The van der Waals surface area contributed by atoms with Crippen LogP contribution >= 0.6 is 39.3 Å². The molecule has 2 heterocycles. The van der Waals surface area contributed by atoms with Gasteiger partial charge in [0.1, 0.15) is 12.6 Å². The molecule has 4 aromatic rings. The fourth-order valence-electron chi connectivity index (χ4n) is 4.62. The Labute approximate surface area is 262 Å². The Bertz CT molecular complexity index is 1610. The quantitative estimate of drug-likeness (QED) is 0.128. The van der Waals surface area contributed by atoms with E-state index in [1.807, 2.05) is 87.5 Å².